The Morgan fingerprint density at radius 1 is 1.03 bits per heavy atom. The number of nitro benzene ring substituents is 1. The summed E-state index contributed by atoms with van der Waals surface area (Å²) in [6.07, 6.45) is 1.63. The van der Waals surface area contributed by atoms with Crippen LogP contribution in [-0.2, 0) is 14.3 Å². The SMILES string of the molecule is C[C@H](OC(=O)/C=C/c1ccc([N+](=O)[O-])cc1)C(=O)Nc1cccc2ccccc12. The van der Waals surface area contributed by atoms with Gasteiger partial charge in [0.25, 0.3) is 11.6 Å². The van der Waals surface area contributed by atoms with Crippen molar-refractivity contribution < 1.29 is 19.2 Å². The first-order valence-corrected chi connectivity index (χ1v) is 8.86. The average molecular weight is 390 g/mol. The third-order valence-corrected chi connectivity index (χ3v) is 4.23. The van der Waals surface area contributed by atoms with Crippen LogP contribution in [-0.4, -0.2) is 22.9 Å². The van der Waals surface area contributed by atoms with Crippen molar-refractivity contribution in [2.75, 3.05) is 5.32 Å². The number of nitrogens with one attached hydrogen (secondary N) is 1. The number of rotatable bonds is 6. The zero-order chi connectivity index (χ0) is 20.8. The van der Waals surface area contributed by atoms with Gasteiger partial charge in [0.1, 0.15) is 0 Å². The third kappa shape index (κ3) is 5.04. The van der Waals surface area contributed by atoms with Crippen molar-refractivity contribution in [3.63, 3.8) is 0 Å². The van der Waals surface area contributed by atoms with Gasteiger partial charge < -0.3 is 10.1 Å². The van der Waals surface area contributed by atoms with E-state index >= 15 is 0 Å². The largest absolute Gasteiger partial charge is 0.449 e. The van der Waals surface area contributed by atoms with Gasteiger partial charge in [-0.05, 0) is 42.1 Å². The minimum absolute atomic E-state index is 0.0385. The van der Waals surface area contributed by atoms with Crippen LogP contribution in [0, 0.1) is 10.1 Å². The number of nitro groups is 1. The number of fused-ring (bicyclic) bond motifs is 1. The minimum atomic E-state index is -0.997. The van der Waals surface area contributed by atoms with Crippen LogP contribution in [0.1, 0.15) is 12.5 Å². The van der Waals surface area contributed by atoms with Gasteiger partial charge in [-0.2, -0.15) is 0 Å². The molecule has 0 aliphatic rings. The van der Waals surface area contributed by atoms with Crippen molar-refractivity contribution in [3.8, 4) is 0 Å². The predicted molar refractivity (Wildman–Crippen MR) is 110 cm³/mol. The van der Waals surface area contributed by atoms with Gasteiger partial charge >= 0.3 is 5.97 Å². The molecule has 29 heavy (non-hydrogen) atoms. The summed E-state index contributed by atoms with van der Waals surface area (Å²) in [5, 5.41) is 15.3. The number of nitrogens with zero attached hydrogens (tertiary/aromatic N) is 1. The second-order valence-electron chi connectivity index (χ2n) is 6.28. The smallest absolute Gasteiger partial charge is 0.331 e. The molecule has 0 unspecified atom stereocenters. The lowest BCUT2D eigenvalue weighted by Crippen LogP contribution is -2.29. The van der Waals surface area contributed by atoms with E-state index in [-0.39, 0.29) is 5.69 Å². The highest BCUT2D eigenvalue weighted by Crippen LogP contribution is 2.23. The molecule has 0 aliphatic heterocycles. The molecule has 0 radical (unpaired) electrons. The van der Waals surface area contributed by atoms with Gasteiger partial charge in [0.05, 0.1) is 4.92 Å². The Morgan fingerprint density at radius 2 is 1.72 bits per heavy atom. The molecule has 7 heteroatoms. The van der Waals surface area contributed by atoms with Crippen LogP contribution in [0.25, 0.3) is 16.8 Å². The summed E-state index contributed by atoms with van der Waals surface area (Å²) in [7, 11) is 0. The summed E-state index contributed by atoms with van der Waals surface area (Å²) in [4.78, 5) is 34.5. The van der Waals surface area contributed by atoms with Crippen molar-refractivity contribution >= 4 is 40.1 Å². The molecule has 1 N–H and O–H groups in total. The Kier molecular flexibility index (Phi) is 5.99. The minimum Gasteiger partial charge on any atom is -0.449 e. The molecule has 0 bridgehead atoms. The van der Waals surface area contributed by atoms with Gasteiger partial charge in [-0.15, -0.1) is 0 Å². The molecule has 1 amide bonds. The Labute approximate surface area is 166 Å². The van der Waals surface area contributed by atoms with Crippen LogP contribution in [0.15, 0.2) is 72.8 Å². The highest BCUT2D eigenvalue weighted by molar-refractivity contribution is 6.04. The van der Waals surface area contributed by atoms with E-state index < -0.39 is 22.9 Å². The van der Waals surface area contributed by atoms with Crippen LogP contribution in [0.5, 0.6) is 0 Å². The Hall–Kier alpha value is -4.00. The zero-order valence-corrected chi connectivity index (χ0v) is 15.6. The lowest BCUT2D eigenvalue weighted by atomic mass is 10.1. The second kappa shape index (κ2) is 8.79. The topological polar surface area (TPSA) is 98.5 Å². The van der Waals surface area contributed by atoms with E-state index in [0.29, 0.717) is 11.3 Å². The van der Waals surface area contributed by atoms with Gasteiger partial charge in [-0.3, -0.25) is 14.9 Å². The van der Waals surface area contributed by atoms with Crippen LogP contribution in [0.4, 0.5) is 11.4 Å². The van der Waals surface area contributed by atoms with Crippen molar-refractivity contribution in [3.05, 3.63) is 88.5 Å². The quantitative estimate of drug-likeness (QED) is 0.292. The lowest BCUT2D eigenvalue weighted by Gasteiger charge is -2.13. The normalized spacial score (nSPS) is 11.9. The fraction of sp³-hybridized carbons (Fsp3) is 0.0909. The first kappa shape index (κ1) is 19.8. The summed E-state index contributed by atoms with van der Waals surface area (Å²) in [5.41, 5.74) is 1.20. The maximum absolute atomic E-state index is 12.4. The number of anilines is 1. The molecule has 0 saturated carbocycles. The molecule has 0 spiro atoms. The van der Waals surface area contributed by atoms with Crippen LogP contribution in [0.3, 0.4) is 0 Å². The molecule has 3 rings (SSSR count). The van der Waals surface area contributed by atoms with Gasteiger partial charge in [0.15, 0.2) is 6.10 Å². The molecule has 0 fully saturated rings. The summed E-state index contributed by atoms with van der Waals surface area (Å²) in [6.45, 7) is 1.48. The van der Waals surface area contributed by atoms with Gasteiger partial charge in [-0.25, -0.2) is 4.79 Å². The van der Waals surface area contributed by atoms with E-state index in [1.165, 1.54) is 43.3 Å². The Balaban J connectivity index is 1.60. The maximum atomic E-state index is 12.4. The fourth-order valence-electron chi connectivity index (χ4n) is 2.71. The number of hydrogen-bond acceptors (Lipinski definition) is 5. The predicted octanol–water partition coefficient (Wildman–Crippen LogP) is 4.33. The second-order valence-corrected chi connectivity index (χ2v) is 6.28. The van der Waals surface area contributed by atoms with Crippen molar-refractivity contribution in [1.82, 2.24) is 0 Å². The molecule has 7 nitrogen and oxygen atoms in total. The molecule has 3 aromatic rings. The fourth-order valence-corrected chi connectivity index (χ4v) is 2.71. The summed E-state index contributed by atoms with van der Waals surface area (Å²) < 4.78 is 5.13. The molecular formula is C22H18N2O5. The lowest BCUT2D eigenvalue weighted by molar-refractivity contribution is -0.384. The zero-order valence-electron chi connectivity index (χ0n) is 15.6. The molecule has 0 aliphatic carbocycles. The summed E-state index contributed by atoms with van der Waals surface area (Å²) in [5.74, 6) is -1.14. The highest BCUT2D eigenvalue weighted by Gasteiger charge is 2.17. The van der Waals surface area contributed by atoms with Gasteiger partial charge in [0.2, 0.25) is 0 Å². The van der Waals surface area contributed by atoms with E-state index in [4.69, 9.17) is 4.74 Å². The summed E-state index contributed by atoms with van der Waals surface area (Å²) in [6, 6.07) is 18.9. The molecular weight excluding hydrogens is 372 g/mol. The Bertz CT molecular complexity index is 1080. The molecule has 146 valence electrons. The van der Waals surface area contributed by atoms with E-state index in [0.717, 1.165) is 10.8 Å². The first-order chi connectivity index (χ1) is 13.9. The van der Waals surface area contributed by atoms with Crippen molar-refractivity contribution in [2.45, 2.75) is 13.0 Å². The van der Waals surface area contributed by atoms with Crippen LogP contribution >= 0.6 is 0 Å². The molecule has 1 atom stereocenters. The van der Waals surface area contributed by atoms with Gasteiger partial charge in [-0.1, -0.05) is 36.4 Å². The summed E-state index contributed by atoms with van der Waals surface area (Å²) >= 11 is 0. The molecule has 0 heterocycles. The number of ether oxygens (including phenoxy) is 1. The van der Waals surface area contributed by atoms with Gasteiger partial charge in [0, 0.05) is 29.3 Å². The molecule has 3 aromatic carbocycles. The number of esters is 1. The first-order valence-electron chi connectivity index (χ1n) is 8.86. The third-order valence-electron chi connectivity index (χ3n) is 4.23. The number of carbonyl (C=O) groups is 2. The number of hydrogen-bond donors (Lipinski definition) is 1. The van der Waals surface area contributed by atoms with Crippen LogP contribution in [0.2, 0.25) is 0 Å². The van der Waals surface area contributed by atoms with E-state index in [1.807, 2.05) is 36.4 Å². The monoisotopic (exact) mass is 390 g/mol. The Morgan fingerprint density at radius 3 is 2.45 bits per heavy atom. The number of amides is 1. The van der Waals surface area contributed by atoms with Crippen LogP contribution < -0.4 is 5.32 Å². The van der Waals surface area contributed by atoms with Crippen molar-refractivity contribution in [1.29, 1.82) is 0 Å². The highest BCUT2D eigenvalue weighted by atomic mass is 16.6. The number of benzene rings is 3. The van der Waals surface area contributed by atoms with E-state index in [2.05, 4.69) is 5.32 Å². The number of carbonyl (C=O) groups excluding carboxylic acids is 2. The number of non-ortho nitro benzene ring substituents is 1. The maximum Gasteiger partial charge on any atom is 0.331 e. The molecule has 0 aromatic heterocycles. The average Bonchev–Trinajstić information content (AvgIpc) is 2.72. The standard InChI is InChI=1S/C22H18N2O5/c1-15(22(26)23-20-8-4-6-17-5-2-3-7-19(17)20)29-21(25)14-11-16-9-12-18(13-10-16)24(27)28/h2-15H,1H3,(H,23,26)/b14-11+/t15-/m0/s1. The molecule has 0 saturated heterocycles. The van der Waals surface area contributed by atoms with Crippen molar-refractivity contribution in [2.24, 2.45) is 0 Å². The van der Waals surface area contributed by atoms with E-state index in [9.17, 15) is 19.7 Å². The van der Waals surface area contributed by atoms with E-state index in [1.54, 1.807) is 6.07 Å².